The molecule has 0 radical (unpaired) electrons. The van der Waals surface area contributed by atoms with Crippen molar-refractivity contribution in [2.24, 2.45) is 0 Å². The summed E-state index contributed by atoms with van der Waals surface area (Å²) in [4.78, 5) is 18.4. The highest BCUT2D eigenvalue weighted by Gasteiger charge is 2.29. The summed E-state index contributed by atoms with van der Waals surface area (Å²) < 4.78 is 28.7. The second-order valence-electron chi connectivity index (χ2n) is 3.39. The summed E-state index contributed by atoms with van der Waals surface area (Å²) in [6.07, 6.45) is -0.939. The van der Waals surface area contributed by atoms with Crippen molar-refractivity contribution in [1.29, 1.82) is 0 Å². The van der Waals surface area contributed by atoms with E-state index < -0.39 is 26.7 Å². The molecule has 16 heavy (non-hydrogen) atoms. The highest BCUT2D eigenvalue weighted by Crippen LogP contribution is 2.53. The van der Waals surface area contributed by atoms with Crippen LogP contribution in [0.1, 0.15) is 27.7 Å². The van der Waals surface area contributed by atoms with Crippen LogP contribution < -0.4 is 0 Å². The van der Waals surface area contributed by atoms with Crippen LogP contribution in [-0.2, 0) is 34.8 Å². The molecule has 0 fully saturated rings. The summed E-state index contributed by atoms with van der Waals surface area (Å²) in [5.74, 6) is 0. The van der Waals surface area contributed by atoms with Gasteiger partial charge in [0.2, 0.25) is 0 Å². The molecule has 0 aromatic rings. The maximum Gasteiger partial charge on any atom is 0.500 e. The Balaban J connectivity index is 4.23. The lowest BCUT2D eigenvalue weighted by Gasteiger charge is -2.18. The topological polar surface area (TPSA) is 94.5 Å². The first-order valence-corrected chi connectivity index (χ1v) is 8.53. The average molecular weight is 294 g/mol. The standard InChI is InChI=1S/C6H16O7P2S/c1-5(2)10-14(7,8)12-13-15(9,16)11-6(3)4/h5-6H,1-4H3,(H,7,8)(H,9,16). The molecule has 98 valence electrons. The Bertz CT molecular complexity index is 275. The van der Waals surface area contributed by atoms with Crippen molar-refractivity contribution in [3.63, 3.8) is 0 Å². The number of rotatable bonds is 7. The van der Waals surface area contributed by atoms with Crippen LogP contribution in [0, 0.1) is 0 Å². The van der Waals surface area contributed by atoms with Crippen molar-refractivity contribution < 1.29 is 32.7 Å². The number of hydrogen-bond acceptors (Lipinski definition) is 6. The minimum atomic E-state index is -4.39. The highest BCUT2D eigenvalue weighted by molar-refractivity contribution is 8.07. The van der Waals surface area contributed by atoms with Gasteiger partial charge >= 0.3 is 14.5 Å². The molecule has 0 aromatic heterocycles. The molecular weight excluding hydrogens is 278 g/mol. The molecule has 0 aliphatic carbocycles. The van der Waals surface area contributed by atoms with Crippen LogP contribution >= 0.6 is 14.5 Å². The lowest BCUT2D eigenvalue weighted by molar-refractivity contribution is -0.144. The zero-order valence-electron chi connectivity index (χ0n) is 9.39. The summed E-state index contributed by atoms with van der Waals surface area (Å²) >= 11 is 4.51. The van der Waals surface area contributed by atoms with Gasteiger partial charge in [0.1, 0.15) is 0 Å². The highest BCUT2D eigenvalue weighted by atomic mass is 32.5. The average Bonchev–Trinajstić information content (AvgIpc) is 1.96. The zero-order valence-corrected chi connectivity index (χ0v) is 12.0. The Morgan fingerprint density at radius 2 is 1.44 bits per heavy atom. The van der Waals surface area contributed by atoms with Crippen LogP contribution in [-0.4, -0.2) is 22.0 Å². The van der Waals surface area contributed by atoms with Crippen molar-refractivity contribution in [3.05, 3.63) is 0 Å². The van der Waals surface area contributed by atoms with Gasteiger partial charge < -0.3 is 14.3 Å². The molecule has 0 spiro atoms. The minimum Gasteiger partial charge on any atom is -0.323 e. The molecule has 0 bridgehead atoms. The van der Waals surface area contributed by atoms with E-state index in [0.717, 1.165) is 0 Å². The Hall–Kier alpha value is 0.640. The molecule has 10 heteroatoms. The predicted octanol–water partition coefficient (Wildman–Crippen LogP) is 2.10. The van der Waals surface area contributed by atoms with Gasteiger partial charge in [-0.1, -0.05) is 0 Å². The quantitative estimate of drug-likeness (QED) is 0.419. The molecular formula is C6H16O7P2S. The third-order valence-corrected chi connectivity index (χ3v) is 3.37. The number of phosphoric ester groups is 1. The first-order valence-electron chi connectivity index (χ1n) is 4.44. The van der Waals surface area contributed by atoms with Crippen LogP contribution in [0.25, 0.3) is 0 Å². The summed E-state index contributed by atoms with van der Waals surface area (Å²) in [6.45, 7) is 2.61. The monoisotopic (exact) mass is 294 g/mol. The minimum absolute atomic E-state index is 0.400. The van der Waals surface area contributed by atoms with E-state index in [4.69, 9.17) is 9.42 Å². The van der Waals surface area contributed by atoms with Gasteiger partial charge in [0.05, 0.1) is 12.2 Å². The van der Waals surface area contributed by atoms with E-state index in [9.17, 15) is 9.46 Å². The van der Waals surface area contributed by atoms with Crippen molar-refractivity contribution in [2.75, 3.05) is 0 Å². The third kappa shape index (κ3) is 8.75. The Morgan fingerprint density at radius 1 is 1.00 bits per heavy atom. The van der Waals surface area contributed by atoms with E-state index in [0.29, 0.717) is 0 Å². The molecule has 2 N–H and O–H groups in total. The van der Waals surface area contributed by atoms with Crippen molar-refractivity contribution in [2.45, 2.75) is 39.9 Å². The van der Waals surface area contributed by atoms with Crippen LogP contribution in [0.4, 0.5) is 0 Å². The summed E-state index contributed by atoms with van der Waals surface area (Å²) in [5, 5.41) is 0. The molecule has 0 saturated heterocycles. The van der Waals surface area contributed by atoms with Gasteiger partial charge in [0.15, 0.2) is 0 Å². The Labute approximate surface area is 99.5 Å². The van der Waals surface area contributed by atoms with Gasteiger partial charge in [-0.15, -0.1) is 9.35 Å². The first kappa shape index (κ1) is 16.6. The maximum absolute atomic E-state index is 11.1. The molecule has 2 atom stereocenters. The fraction of sp³-hybridized carbons (Fsp3) is 1.00. The van der Waals surface area contributed by atoms with Crippen LogP contribution in [0.3, 0.4) is 0 Å². The second kappa shape index (κ2) is 6.54. The Kier molecular flexibility index (Phi) is 6.80. The van der Waals surface area contributed by atoms with Gasteiger partial charge in [-0.05, 0) is 39.5 Å². The smallest absolute Gasteiger partial charge is 0.323 e. The molecule has 0 aliphatic heterocycles. The lowest BCUT2D eigenvalue weighted by atomic mass is 10.5. The van der Waals surface area contributed by atoms with Gasteiger partial charge in [0.25, 0.3) is 0 Å². The van der Waals surface area contributed by atoms with Gasteiger partial charge in [-0.25, -0.2) is 4.57 Å². The van der Waals surface area contributed by atoms with E-state index >= 15 is 0 Å². The summed E-state index contributed by atoms with van der Waals surface area (Å²) in [6, 6.07) is 0. The largest absolute Gasteiger partial charge is 0.500 e. The molecule has 0 rings (SSSR count). The molecule has 0 saturated carbocycles. The molecule has 7 nitrogen and oxygen atoms in total. The van der Waals surface area contributed by atoms with Crippen LogP contribution in [0.5, 0.6) is 0 Å². The Morgan fingerprint density at radius 3 is 1.81 bits per heavy atom. The van der Waals surface area contributed by atoms with E-state index in [1.165, 1.54) is 13.8 Å². The SMILES string of the molecule is CC(C)OP(=O)(O)OOP(O)(=S)OC(C)C. The summed E-state index contributed by atoms with van der Waals surface area (Å²) in [5.41, 5.74) is 0. The van der Waals surface area contributed by atoms with Gasteiger partial charge in [0, 0.05) is 0 Å². The zero-order chi connectivity index (χ0) is 13.0. The number of phosphoric acid groups is 1. The van der Waals surface area contributed by atoms with Crippen molar-refractivity contribution in [1.82, 2.24) is 0 Å². The van der Waals surface area contributed by atoms with Crippen LogP contribution in [0.2, 0.25) is 0 Å². The summed E-state index contributed by atoms with van der Waals surface area (Å²) in [7, 11) is -4.39. The van der Waals surface area contributed by atoms with Gasteiger partial charge in [-0.2, -0.15) is 0 Å². The molecule has 0 aromatic carbocycles. The normalized spacial score (nSPS) is 19.8. The molecule has 0 heterocycles. The molecule has 0 amide bonds. The van der Waals surface area contributed by atoms with Crippen molar-refractivity contribution in [3.8, 4) is 0 Å². The lowest BCUT2D eigenvalue weighted by Crippen LogP contribution is -2.05. The molecule has 0 aliphatic rings. The van der Waals surface area contributed by atoms with Crippen molar-refractivity contribution >= 4 is 26.3 Å². The second-order valence-corrected chi connectivity index (χ2v) is 7.37. The van der Waals surface area contributed by atoms with E-state index in [-0.39, 0.29) is 0 Å². The van der Waals surface area contributed by atoms with E-state index in [2.05, 4.69) is 25.7 Å². The van der Waals surface area contributed by atoms with E-state index in [1.807, 2.05) is 0 Å². The maximum atomic E-state index is 11.1. The fourth-order valence-corrected chi connectivity index (χ4v) is 3.22. The van der Waals surface area contributed by atoms with Crippen LogP contribution in [0.15, 0.2) is 0 Å². The predicted molar refractivity (Wildman–Crippen MR) is 60.9 cm³/mol. The molecule has 2 unspecified atom stereocenters. The van der Waals surface area contributed by atoms with E-state index in [1.54, 1.807) is 13.8 Å². The van der Waals surface area contributed by atoms with Gasteiger partial charge in [-0.3, -0.25) is 4.52 Å². The first-order chi connectivity index (χ1) is 7.04. The number of hydrogen-bond donors (Lipinski definition) is 2. The third-order valence-electron chi connectivity index (χ3n) is 0.910. The fourth-order valence-electron chi connectivity index (χ4n) is 0.652.